The summed E-state index contributed by atoms with van der Waals surface area (Å²) in [6, 6.07) is 6.97. The number of nitrogens with one attached hydrogen (secondary N) is 7. The van der Waals surface area contributed by atoms with Gasteiger partial charge in [-0.2, -0.15) is 97.5 Å². The van der Waals surface area contributed by atoms with Crippen molar-refractivity contribution < 1.29 is 28.3 Å². The first-order chi connectivity index (χ1) is 44.4. The summed E-state index contributed by atoms with van der Waals surface area (Å²) < 4.78 is 10.8. The minimum absolute atomic E-state index is 0.0168. The Bertz CT molecular complexity index is 3350. The molecule has 33 heteroatoms. The number of thioether (sulfide) groups is 8. The first kappa shape index (κ1) is 84.6. The third-order valence-electron chi connectivity index (χ3n) is 10.8. The van der Waals surface area contributed by atoms with Crippen molar-refractivity contribution in [2.75, 3.05) is 42.7 Å². The van der Waals surface area contributed by atoms with Gasteiger partial charge in [0.25, 0.3) is 11.5 Å². The lowest BCUT2D eigenvalue weighted by Crippen LogP contribution is -2.33. The van der Waals surface area contributed by atoms with Gasteiger partial charge in [0.15, 0.2) is 5.65 Å². The Kier molecular flexibility index (Phi) is 43.5. The number of hydrogen-bond donors (Lipinski definition) is 7. The number of pyridine rings is 1. The first-order valence-electron chi connectivity index (χ1n) is 30.4. The molecule has 7 N–H and O–H groups in total. The highest BCUT2D eigenvalue weighted by Gasteiger charge is 2.17. The van der Waals surface area contributed by atoms with Gasteiger partial charge in [-0.1, -0.05) is 111 Å². The average molecular weight is 1460 g/mol. The highest BCUT2D eigenvalue weighted by atomic mass is 32.2. The number of cyclic esters (lactones) is 1. The van der Waals surface area contributed by atoms with Crippen LogP contribution >= 0.6 is 94.1 Å². The summed E-state index contributed by atoms with van der Waals surface area (Å²) in [5, 5.41) is 35.6. The zero-order valence-corrected chi connectivity index (χ0v) is 63.2. The van der Waals surface area contributed by atoms with Crippen molar-refractivity contribution in [3.8, 4) is 0 Å². The molecule has 0 unspecified atom stereocenters. The highest BCUT2D eigenvalue weighted by molar-refractivity contribution is 8.01. The van der Waals surface area contributed by atoms with E-state index in [2.05, 4.69) is 187 Å². The molecule has 0 bridgehead atoms. The van der Waals surface area contributed by atoms with E-state index in [1.165, 1.54) is 16.2 Å². The van der Waals surface area contributed by atoms with Crippen LogP contribution < -0.4 is 33.2 Å². The van der Waals surface area contributed by atoms with Crippen molar-refractivity contribution in [2.45, 2.75) is 182 Å². The zero-order chi connectivity index (χ0) is 70.1. The fraction of sp³-hybridized carbons (Fsp3) is 0.590. The largest absolute Gasteiger partial charge is 0.442 e. The van der Waals surface area contributed by atoms with E-state index in [9.17, 15) is 38.4 Å². The zero-order valence-electron chi connectivity index (χ0n) is 56.6. The topological polar surface area (TPSA) is 354 Å². The van der Waals surface area contributed by atoms with Crippen LogP contribution in [0.2, 0.25) is 0 Å². The Morgan fingerprint density at radius 2 is 1.14 bits per heavy atom. The van der Waals surface area contributed by atoms with Crippen LogP contribution in [0.1, 0.15) is 140 Å². The van der Waals surface area contributed by atoms with E-state index in [0.29, 0.717) is 84.7 Å². The van der Waals surface area contributed by atoms with E-state index in [4.69, 9.17) is 4.42 Å². The van der Waals surface area contributed by atoms with Gasteiger partial charge < -0.3 is 19.5 Å². The molecular formula is C61H95N15O10S8. The molecule has 522 valence electrons. The smallest absolute Gasteiger partial charge is 0.434 e. The lowest BCUT2D eigenvalue weighted by atomic mass is 10.1. The number of aromatic nitrogens is 9. The van der Waals surface area contributed by atoms with Crippen LogP contribution in [0.25, 0.3) is 5.65 Å². The first-order valence-corrected chi connectivity index (χ1v) is 38.8. The summed E-state index contributed by atoms with van der Waals surface area (Å²) >= 11 is 14.3. The summed E-state index contributed by atoms with van der Waals surface area (Å²) in [6.45, 7) is 35.9. The number of carbonyl (C=O) groups excluding carboxylic acids is 4. The van der Waals surface area contributed by atoms with Crippen molar-refractivity contribution >= 4 is 135 Å². The molecule has 9 rings (SSSR count). The van der Waals surface area contributed by atoms with Crippen molar-refractivity contribution in [1.29, 1.82) is 0 Å². The van der Waals surface area contributed by atoms with Crippen LogP contribution in [0.15, 0.2) is 104 Å². The van der Waals surface area contributed by atoms with Gasteiger partial charge in [0.1, 0.15) is 19.0 Å². The second-order valence-corrected chi connectivity index (χ2v) is 35.0. The van der Waals surface area contributed by atoms with Gasteiger partial charge in [0.05, 0.1) is 28.6 Å². The molecule has 94 heavy (non-hydrogen) atoms. The van der Waals surface area contributed by atoms with Gasteiger partial charge in [-0.15, -0.1) is 22.0 Å². The van der Waals surface area contributed by atoms with E-state index in [1.807, 2.05) is 41.4 Å². The number of ether oxygens (including phenoxy) is 1. The van der Waals surface area contributed by atoms with Gasteiger partial charge >= 0.3 is 17.5 Å². The molecule has 0 saturated heterocycles. The van der Waals surface area contributed by atoms with E-state index in [1.54, 1.807) is 95.5 Å². The lowest BCUT2D eigenvalue weighted by molar-refractivity contribution is -0.128. The highest BCUT2D eigenvalue weighted by Crippen LogP contribution is 2.20. The molecule has 0 atom stereocenters. The average Bonchev–Trinajstić information content (AvgIpc) is 1.66. The van der Waals surface area contributed by atoms with E-state index >= 15 is 0 Å². The molecule has 0 fully saturated rings. The summed E-state index contributed by atoms with van der Waals surface area (Å²) in [4.78, 5) is 99.7. The second kappa shape index (κ2) is 48.3. The molecule has 5 aromatic rings. The fourth-order valence-electron chi connectivity index (χ4n) is 6.46. The van der Waals surface area contributed by atoms with Gasteiger partial charge in [-0.05, 0) is 70.0 Å². The maximum absolute atomic E-state index is 11.6. The summed E-state index contributed by atoms with van der Waals surface area (Å²) in [7, 11) is 0. The number of aromatic amines is 5. The molecule has 4 amide bonds. The molecule has 4 aliphatic heterocycles. The Hall–Kier alpha value is -5.45. The van der Waals surface area contributed by atoms with Crippen LogP contribution in [0.3, 0.4) is 0 Å². The number of carbonyl (C=O) groups is 4. The molecule has 4 aliphatic rings. The van der Waals surface area contributed by atoms with Crippen molar-refractivity contribution in [2.24, 2.45) is 20.4 Å². The van der Waals surface area contributed by atoms with E-state index in [-0.39, 0.29) is 34.5 Å². The number of amides is 4. The number of imide groups is 1. The van der Waals surface area contributed by atoms with Crippen LogP contribution in [0, 0.1) is 0 Å². The minimum Gasteiger partial charge on any atom is -0.442 e. The molecule has 0 radical (unpaired) electrons. The van der Waals surface area contributed by atoms with Gasteiger partial charge in [-0.3, -0.25) is 39.4 Å². The molecule has 5 aromatic heterocycles. The number of nitrogens with zero attached hydrogens (tertiary/aromatic N) is 8. The fourth-order valence-corrected chi connectivity index (χ4v) is 11.9. The number of rotatable bonds is 24. The van der Waals surface area contributed by atoms with E-state index < -0.39 is 11.8 Å². The van der Waals surface area contributed by atoms with Gasteiger partial charge in [0.2, 0.25) is 23.3 Å². The number of hydrogen-bond acceptors (Lipinski definition) is 24. The van der Waals surface area contributed by atoms with Crippen LogP contribution in [-0.2, 0) is 42.1 Å². The van der Waals surface area contributed by atoms with Gasteiger partial charge in [0, 0.05) is 90.2 Å². The molecule has 25 nitrogen and oxygen atoms in total. The van der Waals surface area contributed by atoms with Gasteiger partial charge in [-0.25, -0.2) is 34.1 Å². The van der Waals surface area contributed by atoms with Crippen molar-refractivity contribution in [1.82, 2.24) is 55.6 Å². The molecule has 0 aliphatic carbocycles. The molecule has 0 saturated carbocycles. The minimum atomic E-state index is -0.482. The number of fused-ring (bicyclic) bond motifs is 1. The lowest BCUT2D eigenvalue weighted by Gasteiger charge is -2.13. The van der Waals surface area contributed by atoms with Crippen LogP contribution in [0.5, 0.6) is 0 Å². The number of aliphatic imine (C=N–C) groups is 1. The van der Waals surface area contributed by atoms with Crippen molar-refractivity contribution in [3.63, 3.8) is 0 Å². The predicted molar refractivity (Wildman–Crippen MR) is 398 cm³/mol. The predicted octanol–water partition coefficient (Wildman–Crippen LogP) is 11.4. The van der Waals surface area contributed by atoms with E-state index in [0.717, 1.165) is 75.1 Å². The SMILES string of the molecule is CC(C)SCC1=CC(=O)NC(=O)C1.CC(C)SCC1=CC(=O)NC1.CC(C)SCC1=NC(=O)OC1.CC(C)SCC1=NN=NC1.CC(C)SCc1cc(=O)n2[nH]ccc2n1.CC(C)SCc1cc[nH]c(=O)c1.CC(C)SCc1n[nH]c(=O)[nH]1.CC(C)SCc1n[nH]c(=O)o1. The number of H-pyrrole nitrogens is 5. The summed E-state index contributed by atoms with van der Waals surface area (Å²) in [5.41, 5.74) is 6.41. The standard InChI is InChI=1S/C10H13N3OS.C9H13NO2S.C9H13NOS.C8H13NOS.C7H11NO2S.C6H11N3OS.C6H11N3S.C6H10N2O2S/c1-7(2)15-6-8-5-10(14)13-9(12-8)3-4-11-13;1-6(2)13-5-7-3-8(11)10-9(12)4-7;1-7(2)12-6-8-3-4-10-9(11)5-8;1-6(2)11-5-7-3-8(10)9-4-7;1-5(2)11-4-6-3-10-7(9)8-6;1-4(2)11-3-5-7-6(10)9-8-5;1-5(2)10-4-6-3-7-9-8-6;1-4(2)11-3-5-7-8-6(9)10-5/h3-5,7,11H,6H2,1-2H3;3,6H,4-5H2,1-2H3,(H,10,11,12);3-5,7H,6H2,1-2H3,(H,10,11);3,6H,4-5H2,1-2H3,(H,9,10);5H,3-4H2,1-2H3;4H,3H2,1-2H3,(H2,7,8,9,10);5H,3-4H2,1-2H3;4H,3H2,1-2H3,(H,8,9). The van der Waals surface area contributed by atoms with Crippen LogP contribution in [-0.4, -0.2) is 165 Å². The third-order valence-corrected chi connectivity index (χ3v) is 20.1. The third kappa shape index (κ3) is 42.9. The maximum Gasteiger partial charge on any atom is 0.434 e. The normalized spacial score (nSPS) is 13.8. The molecular weight excluding hydrogens is 1360 g/mol. The second-order valence-electron chi connectivity index (χ2n) is 22.5. The summed E-state index contributed by atoms with van der Waals surface area (Å²) in [5.74, 6) is 6.95. The monoisotopic (exact) mass is 1450 g/mol. The quantitative estimate of drug-likeness (QED) is 0.0282. The molecule has 0 aromatic carbocycles. The Labute approximate surface area is 584 Å². The maximum atomic E-state index is 11.6. The Morgan fingerprint density at radius 3 is 1.65 bits per heavy atom. The van der Waals surface area contributed by atoms with Crippen molar-refractivity contribution in [3.05, 3.63) is 125 Å². The molecule has 0 spiro atoms. The Balaban J connectivity index is 0.000000367. The summed E-state index contributed by atoms with van der Waals surface area (Å²) in [6.07, 6.45) is 6.56. The molecule has 9 heterocycles. The Morgan fingerprint density at radius 1 is 0.574 bits per heavy atom. The van der Waals surface area contributed by atoms with Crippen LogP contribution in [0.4, 0.5) is 4.79 Å².